The number of rotatable bonds is 0. The maximum absolute atomic E-state index is 8.46. The van der Waals surface area contributed by atoms with Crippen molar-refractivity contribution in [1.29, 1.82) is 0 Å². The Morgan fingerprint density at radius 1 is 1.00 bits per heavy atom. The van der Waals surface area contributed by atoms with Gasteiger partial charge in [0.25, 0.3) is 0 Å². The predicted octanol–water partition coefficient (Wildman–Crippen LogP) is -3.76. The molecule has 0 aromatic heterocycles. The Kier molecular flexibility index (Phi) is 161. The van der Waals surface area contributed by atoms with Crippen molar-refractivity contribution >= 4 is 58.3 Å². The Bertz CT molecular complexity index is 39.5. The summed E-state index contributed by atoms with van der Waals surface area (Å²) in [5.74, 6) is 0. The van der Waals surface area contributed by atoms with E-state index in [0.717, 1.165) is 0 Å². The van der Waals surface area contributed by atoms with E-state index in [4.69, 9.17) is 15.9 Å². The second kappa shape index (κ2) is 48.0. The summed E-state index contributed by atoms with van der Waals surface area (Å²) in [6.45, 7) is 0. The summed E-state index contributed by atoms with van der Waals surface area (Å²) in [7, 11) is 0. The van der Waals surface area contributed by atoms with Gasteiger partial charge in [0.05, 0.1) is 0 Å². The van der Waals surface area contributed by atoms with Gasteiger partial charge in [-0.3, -0.25) is 0 Å². The van der Waals surface area contributed by atoms with Gasteiger partial charge in [-0.25, -0.2) is 0 Å². The van der Waals surface area contributed by atoms with E-state index in [-0.39, 0.29) is 63.8 Å². The van der Waals surface area contributed by atoms with Gasteiger partial charge in [0.2, 0.25) is 0 Å². The maximum atomic E-state index is 8.46. The van der Waals surface area contributed by atoms with Crippen molar-refractivity contribution in [2.45, 2.75) is 0 Å². The molecule has 5 radical (unpaired) electrons. The summed E-state index contributed by atoms with van der Waals surface area (Å²) < 4.78 is 33.8. The molecule has 0 heterocycles. The molecule has 0 aromatic rings. The molecule has 47 valence electrons. The summed E-state index contributed by atoms with van der Waals surface area (Å²) in [4.78, 5) is 0. The monoisotopic (exact) mass is 453 g/mol. The van der Waals surface area contributed by atoms with Crippen molar-refractivity contribution in [3.63, 3.8) is 0 Å². The van der Waals surface area contributed by atoms with E-state index in [1.165, 1.54) is 0 Å². The summed E-state index contributed by atoms with van der Waals surface area (Å²) in [6.07, 6.45) is 0. The van der Waals surface area contributed by atoms with Gasteiger partial charge in [0, 0.05) is 44.4 Å². The fourth-order valence-corrected chi connectivity index (χ4v) is 0. The average Bonchev–Trinajstić information content (AvgIpc) is 1.39. The van der Waals surface area contributed by atoms with Crippen LogP contribution in [0, 0.1) is 0 Å². The van der Waals surface area contributed by atoms with Crippen LogP contribution in [0.15, 0.2) is 0 Å². The molecule has 0 bridgehead atoms. The van der Waals surface area contributed by atoms with Crippen LogP contribution < -0.4 is 8.32 Å². The summed E-state index contributed by atoms with van der Waals surface area (Å²) in [6, 6.07) is 0. The third-order valence-electron chi connectivity index (χ3n) is 0. The maximum Gasteiger partial charge on any atom is 2.00 e. The van der Waals surface area contributed by atoms with Gasteiger partial charge in [0.15, 0.2) is 0 Å². The molecule has 0 aliphatic heterocycles. The first-order chi connectivity index (χ1) is 2.83. The summed E-state index contributed by atoms with van der Waals surface area (Å²) in [5.41, 5.74) is 0. The molecule has 0 N–H and O–H groups in total. The van der Waals surface area contributed by atoms with Gasteiger partial charge in [-0.2, -0.15) is 0 Å². The van der Waals surface area contributed by atoms with Crippen LogP contribution in [0.4, 0.5) is 0 Å². The standard InChI is InChI=1S/2Al.Cu.4O.Pb.Zn/q;;;;;2*-1;;+2. The van der Waals surface area contributed by atoms with Crippen molar-refractivity contribution in [2.75, 3.05) is 0 Å². The van der Waals surface area contributed by atoms with Gasteiger partial charge in [-0.1, -0.05) is 0 Å². The predicted molar refractivity (Wildman–Crippen MR) is 18.6 cm³/mol. The molecule has 0 rings (SSSR count). The van der Waals surface area contributed by atoms with E-state index < -0.39 is 31.0 Å². The Balaban J connectivity index is -0.00000000889. The van der Waals surface area contributed by atoms with Gasteiger partial charge in [-0.05, 0) is 0 Å². The van der Waals surface area contributed by atoms with Crippen LogP contribution in [-0.4, -0.2) is 58.3 Å². The molecule has 0 atom stereocenters. The average molecular weight is 454 g/mol. The normalized spacial score (nSPS) is 1.78. The number of hydrogen-bond donors (Lipinski definition) is 0. The van der Waals surface area contributed by atoms with E-state index in [0.29, 0.717) is 0 Å². The Morgan fingerprint density at radius 3 is 1.00 bits per heavy atom. The van der Waals surface area contributed by atoms with Gasteiger partial charge < -0.3 is 0 Å². The smallest absolute Gasteiger partial charge is 0 e. The van der Waals surface area contributed by atoms with Crippen LogP contribution >= 0.6 is 0 Å². The molecule has 0 aliphatic carbocycles. The SMILES string of the molecule is [Cu].[O]=[Al][O-].[O]=[Al][O-].[Pb].[Zn+2]. The van der Waals surface area contributed by atoms with Crippen molar-refractivity contribution in [3.05, 3.63) is 0 Å². The number of hydrogen-bond acceptors (Lipinski definition) is 4. The molecule has 0 fully saturated rings. The van der Waals surface area contributed by atoms with Crippen LogP contribution in [0.25, 0.3) is 0 Å². The molecule has 4 nitrogen and oxygen atoms in total. The summed E-state index contributed by atoms with van der Waals surface area (Å²) >= 11 is -3.50. The minimum atomic E-state index is -1.75. The molecule has 0 spiro atoms. The molecule has 0 amide bonds. The quantitative estimate of drug-likeness (QED) is 0.353. The van der Waals surface area contributed by atoms with E-state index in [1.54, 1.807) is 0 Å². The Morgan fingerprint density at radius 2 is 1.00 bits per heavy atom. The van der Waals surface area contributed by atoms with Gasteiger partial charge >= 0.3 is 66.4 Å². The second-order valence-electron chi connectivity index (χ2n) is 0.192. The van der Waals surface area contributed by atoms with Crippen molar-refractivity contribution in [3.8, 4) is 0 Å². The van der Waals surface area contributed by atoms with E-state index in [9.17, 15) is 0 Å². The first kappa shape index (κ1) is 30.2. The second-order valence-corrected chi connectivity index (χ2v) is 0.577. The van der Waals surface area contributed by atoms with Crippen molar-refractivity contribution < 1.29 is 52.5 Å². The van der Waals surface area contributed by atoms with E-state index in [2.05, 4.69) is 0 Å². The molecule has 0 aliphatic rings. The fraction of sp³-hybridized carbons (Fsp3) is 0. The van der Waals surface area contributed by atoms with E-state index >= 15 is 0 Å². The zero-order chi connectivity index (χ0) is 5.41. The van der Waals surface area contributed by atoms with Crippen LogP contribution in [0.5, 0.6) is 0 Å². The van der Waals surface area contributed by atoms with E-state index in [1.807, 2.05) is 0 Å². The molecule has 0 unspecified atom stereocenters. The van der Waals surface area contributed by atoms with Crippen LogP contribution in [0.2, 0.25) is 0 Å². The fourth-order valence-electron chi connectivity index (χ4n) is 0. The molecular weight excluding hydrogens is 454 g/mol. The molecule has 9 heteroatoms. The van der Waals surface area contributed by atoms with Crippen LogP contribution in [0.1, 0.15) is 0 Å². The minimum absolute atomic E-state index is 0. The zero-order valence-electron chi connectivity index (χ0n) is 4.30. The Labute approximate surface area is 109 Å². The van der Waals surface area contributed by atoms with Gasteiger partial charge in [0.1, 0.15) is 0 Å². The molecular formula is Al2CuO4PbZn. The zero-order valence-corrected chi connectivity index (χ0v) is 14.4. The van der Waals surface area contributed by atoms with Crippen molar-refractivity contribution in [2.24, 2.45) is 0 Å². The summed E-state index contributed by atoms with van der Waals surface area (Å²) in [5, 5.41) is 0. The van der Waals surface area contributed by atoms with Crippen LogP contribution in [0.3, 0.4) is 0 Å². The van der Waals surface area contributed by atoms with Gasteiger partial charge in [-0.15, -0.1) is 0 Å². The largest absolute Gasteiger partial charge is 2.00 e. The minimum Gasteiger partial charge on any atom is 0 e. The molecule has 0 aromatic carbocycles. The third-order valence-corrected chi connectivity index (χ3v) is 0. The Hall–Kier alpha value is 2.33. The van der Waals surface area contributed by atoms with Crippen LogP contribution in [-0.2, 0) is 44.2 Å². The first-order valence-electron chi connectivity index (χ1n) is 0.943. The first-order valence-corrected chi connectivity index (χ1v) is 2.83. The molecule has 0 saturated heterocycles. The molecule has 0 saturated carbocycles. The van der Waals surface area contributed by atoms with Crippen molar-refractivity contribution in [1.82, 2.24) is 0 Å². The third kappa shape index (κ3) is 132. The topological polar surface area (TPSA) is 80.3 Å². The molecule has 9 heavy (non-hydrogen) atoms.